The Morgan fingerprint density at radius 1 is 1.14 bits per heavy atom. The van der Waals surface area contributed by atoms with Crippen LogP contribution >= 0.6 is 12.4 Å². The van der Waals surface area contributed by atoms with Gasteiger partial charge in [-0.05, 0) is 18.5 Å². The molecule has 1 saturated heterocycles. The van der Waals surface area contributed by atoms with Crippen LogP contribution in [-0.2, 0) is 6.54 Å². The summed E-state index contributed by atoms with van der Waals surface area (Å²) in [4.78, 5) is 17.1. The van der Waals surface area contributed by atoms with E-state index in [1.54, 1.807) is 0 Å². The predicted octanol–water partition coefficient (Wildman–Crippen LogP) is 3.08. The van der Waals surface area contributed by atoms with Crippen molar-refractivity contribution in [2.45, 2.75) is 26.8 Å². The van der Waals surface area contributed by atoms with Gasteiger partial charge in [0.25, 0.3) is 0 Å². The molecule has 0 aliphatic carbocycles. The molecule has 2 rings (SSSR count). The standard InChI is InChI=1S/C17H26N2O.ClH/c1-14(2)12-17(20)16-7-5-4-6-15(16)13-19-10-8-18(3)9-11-19;/h4-7,14H,8-13H2,1-3H3;1H. The predicted molar refractivity (Wildman–Crippen MR) is 90.2 cm³/mol. The Labute approximate surface area is 134 Å². The molecule has 0 radical (unpaired) electrons. The highest BCUT2D eigenvalue weighted by Crippen LogP contribution is 2.17. The number of nitrogens with zero attached hydrogens (tertiary/aromatic N) is 2. The molecule has 1 aromatic carbocycles. The Morgan fingerprint density at radius 2 is 1.76 bits per heavy atom. The minimum absolute atomic E-state index is 0. The maximum absolute atomic E-state index is 12.3. The lowest BCUT2D eigenvalue weighted by atomic mass is 9.97. The molecule has 1 aromatic rings. The molecule has 0 saturated carbocycles. The molecule has 118 valence electrons. The molecule has 0 spiro atoms. The van der Waals surface area contributed by atoms with Gasteiger partial charge in [-0.1, -0.05) is 38.1 Å². The van der Waals surface area contributed by atoms with Gasteiger partial charge < -0.3 is 4.90 Å². The zero-order valence-electron chi connectivity index (χ0n) is 13.3. The summed E-state index contributed by atoms with van der Waals surface area (Å²) in [7, 11) is 2.16. The van der Waals surface area contributed by atoms with Crippen molar-refractivity contribution < 1.29 is 4.79 Å². The monoisotopic (exact) mass is 310 g/mol. The first-order valence-electron chi connectivity index (χ1n) is 7.58. The van der Waals surface area contributed by atoms with Crippen LogP contribution in [-0.4, -0.2) is 48.8 Å². The fourth-order valence-corrected chi connectivity index (χ4v) is 2.66. The summed E-state index contributed by atoms with van der Waals surface area (Å²) in [5.41, 5.74) is 2.10. The van der Waals surface area contributed by atoms with Crippen molar-refractivity contribution in [1.29, 1.82) is 0 Å². The fraction of sp³-hybridized carbons (Fsp3) is 0.588. The quantitative estimate of drug-likeness (QED) is 0.781. The van der Waals surface area contributed by atoms with Crippen LogP contribution in [0, 0.1) is 5.92 Å². The zero-order chi connectivity index (χ0) is 14.5. The highest BCUT2D eigenvalue weighted by Gasteiger charge is 2.17. The Morgan fingerprint density at radius 3 is 2.38 bits per heavy atom. The SMILES string of the molecule is CC(C)CC(=O)c1ccccc1CN1CCN(C)CC1.Cl. The van der Waals surface area contributed by atoms with Gasteiger partial charge in [-0.15, -0.1) is 12.4 Å². The molecule has 1 fully saturated rings. The zero-order valence-corrected chi connectivity index (χ0v) is 14.2. The molecule has 0 aromatic heterocycles. The third-order valence-corrected chi connectivity index (χ3v) is 3.90. The van der Waals surface area contributed by atoms with Crippen LogP contribution in [0.4, 0.5) is 0 Å². The number of ketones is 1. The number of likely N-dealkylation sites (N-methyl/N-ethyl adjacent to an activating group) is 1. The van der Waals surface area contributed by atoms with Gasteiger partial charge in [0.15, 0.2) is 5.78 Å². The summed E-state index contributed by atoms with van der Waals surface area (Å²) in [6, 6.07) is 8.10. The second-order valence-corrected chi connectivity index (χ2v) is 6.26. The smallest absolute Gasteiger partial charge is 0.163 e. The van der Waals surface area contributed by atoms with E-state index in [1.165, 1.54) is 5.56 Å². The van der Waals surface area contributed by atoms with Gasteiger partial charge >= 0.3 is 0 Å². The van der Waals surface area contributed by atoms with E-state index in [1.807, 2.05) is 18.2 Å². The Kier molecular flexibility index (Phi) is 7.36. The summed E-state index contributed by atoms with van der Waals surface area (Å²) < 4.78 is 0. The molecule has 4 heteroatoms. The minimum atomic E-state index is 0. The molecule has 0 bridgehead atoms. The van der Waals surface area contributed by atoms with Crippen molar-refractivity contribution in [1.82, 2.24) is 9.80 Å². The number of carbonyl (C=O) groups excluding carboxylic acids is 1. The molecule has 1 aliphatic rings. The molecule has 0 N–H and O–H groups in total. The second kappa shape index (κ2) is 8.52. The average molecular weight is 311 g/mol. The summed E-state index contributed by atoms with van der Waals surface area (Å²) in [6.07, 6.45) is 0.639. The number of Topliss-reactive ketones (excluding diaryl/α,β-unsaturated/α-hetero) is 1. The third-order valence-electron chi connectivity index (χ3n) is 3.90. The number of hydrogen-bond donors (Lipinski definition) is 0. The second-order valence-electron chi connectivity index (χ2n) is 6.26. The van der Waals surface area contributed by atoms with E-state index in [-0.39, 0.29) is 18.2 Å². The first-order valence-corrected chi connectivity index (χ1v) is 7.58. The van der Waals surface area contributed by atoms with Gasteiger partial charge in [0, 0.05) is 44.7 Å². The molecule has 3 nitrogen and oxygen atoms in total. The highest BCUT2D eigenvalue weighted by molar-refractivity contribution is 5.97. The van der Waals surface area contributed by atoms with Crippen molar-refractivity contribution in [2.75, 3.05) is 33.2 Å². The molecule has 21 heavy (non-hydrogen) atoms. The summed E-state index contributed by atoms with van der Waals surface area (Å²) in [6.45, 7) is 9.49. The molecule has 0 atom stereocenters. The Hall–Kier alpha value is -0.900. The van der Waals surface area contributed by atoms with Gasteiger partial charge in [-0.25, -0.2) is 0 Å². The average Bonchev–Trinajstić information content (AvgIpc) is 2.41. The van der Waals surface area contributed by atoms with Crippen LogP contribution in [0.2, 0.25) is 0 Å². The summed E-state index contributed by atoms with van der Waals surface area (Å²) >= 11 is 0. The molecule has 0 amide bonds. The van der Waals surface area contributed by atoms with E-state index in [0.29, 0.717) is 12.3 Å². The Balaban J connectivity index is 0.00000220. The lowest BCUT2D eigenvalue weighted by Crippen LogP contribution is -2.44. The maximum atomic E-state index is 12.3. The fourth-order valence-electron chi connectivity index (χ4n) is 2.66. The molecular formula is C17H27ClN2O. The van der Waals surface area contributed by atoms with E-state index < -0.39 is 0 Å². The van der Waals surface area contributed by atoms with Crippen molar-refractivity contribution in [3.05, 3.63) is 35.4 Å². The van der Waals surface area contributed by atoms with Crippen LogP contribution in [0.3, 0.4) is 0 Å². The molecule has 1 heterocycles. The van der Waals surface area contributed by atoms with Gasteiger partial charge in [0.1, 0.15) is 0 Å². The van der Waals surface area contributed by atoms with Crippen LogP contribution in [0.25, 0.3) is 0 Å². The van der Waals surface area contributed by atoms with Crippen LogP contribution in [0.1, 0.15) is 36.2 Å². The largest absolute Gasteiger partial charge is 0.304 e. The van der Waals surface area contributed by atoms with Gasteiger partial charge in [0.2, 0.25) is 0 Å². The van der Waals surface area contributed by atoms with Crippen molar-refractivity contribution in [2.24, 2.45) is 5.92 Å². The number of benzene rings is 1. The highest BCUT2D eigenvalue weighted by atomic mass is 35.5. The van der Waals surface area contributed by atoms with Crippen molar-refractivity contribution in [3.8, 4) is 0 Å². The van der Waals surface area contributed by atoms with Crippen molar-refractivity contribution >= 4 is 18.2 Å². The molecular weight excluding hydrogens is 284 g/mol. The van der Waals surface area contributed by atoms with Crippen molar-refractivity contribution in [3.63, 3.8) is 0 Å². The number of rotatable bonds is 5. The number of carbonyl (C=O) groups is 1. The van der Waals surface area contributed by atoms with Crippen LogP contribution in [0.5, 0.6) is 0 Å². The third kappa shape index (κ3) is 5.42. The minimum Gasteiger partial charge on any atom is -0.304 e. The number of piperazine rings is 1. The summed E-state index contributed by atoms with van der Waals surface area (Å²) in [5, 5.41) is 0. The lowest BCUT2D eigenvalue weighted by molar-refractivity contribution is 0.0964. The molecule has 1 aliphatic heterocycles. The van der Waals surface area contributed by atoms with Gasteiger partial charge in [-0.2, -0.15) is 0 Å². The van der Waals surface area contributed by atoms with Gasteiger partial charge in [-0.3, -0.25) is 9.69 Å². The summed E-state index contributed by atoms with van der Waals surface area (Å²) in [5.74, 6) is 0.698. The van der Waals surface area contributed by atoms with E-state index in [9.17, 15) is 4.79 Å². The lowest BCUT2D eigenvalue weighted by Gasteiger charge is -2.32. The first-order chi connectivity index (χ1) is 9.56. The van der Waals surface area contributed by atoms with Crippen LogP contribution in [0.15, 0.2) is 24.3 Å². The normalized spacial score (nSPS) is 16.8. The number of halogens is 1. The topological polar surface area (TPSA) is 23.6 Å². The van der Waals surface area contributed by atoms with E-state index in [4.69, 9.17) is 0 Å². The van der Waals surface area contributed by atoms with Gasteiger partial charge in [0.05, 0.1) is 0 Å². The first kappa shape index (κ1) is 18.1. The maximum Gasteiger partial charge on any atom is 0.163 e. The van der Waals surface area contributed by atoms with E-state index in [0.717, 1.165) is 38.3 Å². The van der Waals surface area contributed by atoms with Crippen LogP contribution < -0.4 is 0 Å². The van der Waals surface area contributed by atoms with E-state index >= 15 is 0 Å². The van der Waals surface area contributed by atoms with E-state index in [2.05, 4.69) is 36.8 Å². The Bertz CT molecular complexity index is 454. The number of hydrogen-bond acceptors (Lipinski definition) is 3. The molecule has 0 unspecified atom stereocenters.